The molecular formula is C20H27ClN4O3. The molecule has 6 N–H and O–H groups in total. The molecule has 8 heteroatoms. The lowest BCUT2D eigenvalue weighted by atomic mass is 10.0. The third kappa shape index (κ3) is 5.87. The zero-order valence-electron chi connectivity index (χ0n) is 16.0. The van der Waals surface area contributed by atoms with E-state index in [1.54, 1.807) is 24.3 Å². The third-order valence-electron chi connectivity index (χ3n) is 4.11. The number of amidine groups is 1. The van der Waals surface area contributed by atoms with E-state index in [9.17, 15) is 4.79 Å². The number of anilines is 1. The van der Waals surface area contributed by atoms with Crippen LogP contribution in [0.2, 0.25) is 0 Å². The monoisotopic (exact) mass is 406 g/mol. The summed E-state index contributed by atoms with van der Waals surface area (Å²) in [6.07, 6.45) is 0.825. The predicted molar refractivity (Wildman–Crippen MR) is 113 cm³/mol. The summed E-state index contributed by atoms with van der Waals surface area (Å²) in [6, 6.07) is 11.9. The molecule has 2 aromatic rings. The van der Waals surface area contributed by atoms with Gasteiger partial charge in [-0.15, -0.1) is 12.4 Å². The van der Waals surface area contributed by atoms with Gasteiger partial charge >= 0.3 is 5.97 Å². The number of aryl methyl sites for hydroxylation is 1. The molecule has 152 valence electrons. The van der Waals surface area contributed by atoms with Crippen LogP contribution in [-0.2, 0) is 16.0 Å². The normalized spacial score (nSPS) is 11.1. The summed E-state index contributed by atoms with van der Waals surface area (Å²) in [6.45, 7) is 2.76. The van der Waals surface area contributed by atoms with Crippen LogP contribution in [0.3, 0.4) is 0 Å². The van der Waals surface area contributed by atoms with E-state index in [1.165, 1.54) is 7.11 Å². The van der Waals surface area contributed by atoms with Crippen molar-refractivity contribution in [2.45, 2.75) is 19.4 Å². The van der Waals surface area contributed by atoms with Gasteiger partial charge in [0.2, 0.25) is 0 Å². The number of nitrogens with two attached hydrogens (primary N) is 2. The molecule has 0 heterocycles. The molecule has 28 heavy (non-hydrogen) atoms. The first-order chi connectivity index (χ1) is 13.0. The standard InChI is InChI=1S/C20H26N4O3.ClH/c1-3-13-4-9-17(27-11-10-21)16(12-13)18(20(25)26-2)24-15-7-5-14(6-8-15)19(22)23;/h4-9,12,18,24H,3,10-11,21H2,1-2H3,(H3,22,23);1H. The lowest BCUT2D eigenvalue weighted by Gasteiger charge is -2.22. The first kappa shape index (κ1) is 23.3. The minimum atomic E-state index is -0.752. The Balaban J connectivity index is 0.00000392. The second kappa shape index (κ2) is 11.2. The van der Waals surface area contributed by atoms with Crippen LogP contribution in [0.1, 0.15) is 29.7 Å². The number of methoxy groups -OCH3 is 1. The molecule has 0 bridgehead atoms. The Hall–Kier alpha value is -2.77. The number of hydrogen-bond acceptors (Lipinski definition) is 6. The molecule has 0 aliphatic rings. The maximum absolute atomic E-state index is 12.5. The molecule has 0 amide bonds. The number of ether oxygens (including phenoxy) is 2. The number of benzene rings is 2. The lowest BCUT2D eigenvalue weighted by Crippen LogP contribution is -2.24. The highest BCUT2D eigenvalue weighted by atomic mass is 35.5. The van der Waals surface area contributed by atoms with Crippen LogP contribution in [-0.4, -0.2) is 32.1 Å². The summed E-state index contributed by atoms with van der Waals surface area (Å²) < 4.78 is 10.7. The van der Waals surface area contributed by atoms with Crippen LogP contribution >= 0.6 is 12.4 Å². The van der Waals surface area contributed by atoms with Crippen LogP contribution in [0.4, 0.5) is 5.69 Å². The average Bonchev–Trinajstić information content (AvgIpc) is 2.70. The molecule has 1 unspecified atom stereocenters. The van der Waals surface area contributed by atoms with Crippen LogP contribution in [0.15, 0.2) is 42.5 Å². The fourth-order valence-electron chi connectivity index (χ4n) is 2.64. The van der Waals surface area contributed by atoms with Gasteiger partial charge in [0.1, 0.15) is 18.2 Å². The van der Waals surface area contributed by atoms with Gasteiger partial charge in [0, 0.05) is 23.4 Å². The number of nitrogen functional groups attached to an aromatic ring is 1. The molecule has 0 fully saturated rings. The van der Waals surface area contributed by atoms with E-state index in [2.05, 4.69) is 5.32 Å². The molecule has 0 saturated carbocycles. The molecule has 2 aromatic carbocycles. The van der Waals surface area contributed by atoms with Crippen LogP contribution in [0.5, 0.6) is 5.75 Å². The summed E-state index contributed by atoms with van der Waals surface area (Å²) in [5.41, 5.74) is 14.1. The number of carbonyl (C=O) groups is 1. The summed E-state index contributed by atoms with van der Waals surface area (Å²) in [7, 11) is 1.35. The van der Waals surface area contributed by atoms with Crippen molar-refractivity contribution < 1.29 is 14.3 Å². The summed E-state index contributed by atoms with van der Waals surface area (Å²) in [5, 5.41) is 10.7. The highest BCUT2D eigenvalue weighted by molar-refractivity contribution is 5.95. The zero-order valence-corrected chi connectivity index (χ0v) is 16.8. The number of halogens is 1. The highest BCUT2D eigenvalue weighted by Gasteiger charge is 2.25. The topological polar surface area (TPSA) is 123 Å². The number of esters is 1. The number of hydrogen-bond donors (Lipinski definition) is 4. The van der Waals surface area contributed by atoms with Crippen LogP contribution in [0.25, 0.3) is 0 Å². The molecule has 0 aliphatic carbocycles. The van der Waals surface area contributed by atoms with Gasteiger partial charge in [-0.2, -0.15) is 0 Å². The van der Waals surface area contributed by atoms with Crippen LogP contribution in [0, 0.1) is 5.41 Å². The van der Waals surface area contributed by atoms with Crippen molar-refractivity contribution in [1.29, 1.82) is 5.41 Å². The Morgan fingerprint density at radius 2 is 1.89 bits per heavy atom. The van der Waals surface area contributed by atoms with E-state index in [1.807, 2.05) is 25.1 Å². The summed E-state index contributed by atoms with van der Waals surface area (Å²) >= 11 is 0. The molecule has 7 nitrogen and oxygen atoms in total. The van der Waals surface area contributed by atoms with Crippen molar-refractivity contribution in [2.24, 2.45) is 11.5 Å². The van der Waals surface area contributed by atoms with Gasteiger partial charge in [-0.3, -0.25) is 5.41 Å². The second-order valence-corrected chi connectivity index (χ2v) is 5.95. The molecule has 0 aliphatic heterocycles. The van der Waals surface area contributed by atoms with E-state index < -0.39 is 12.0 Å². The van der Waals surface area contributed by atoms with Crippen molar-refractivity contribution in [3.05, 3.63) is 59.2 Å². The van der Waals surface area contributed by atoms with Gasteiger partial charge in [-0.1, -0.05) is 13.0 Å². The van der Waals surface area contributed by atoms with Gasteiger partial charge in [0.25, 0.3) is 0 Å². The maximum atomic E-state index is 12.5. The van der Waals surface area contributed by atoms with Crippen molar-refractivity contribution in [1.82, 2.24) is 0 Å². The number of nitrogens with one attached hydrogen (secondary N) is 2. The van der Waals surface area contributed by atoms with Gasteiger partial charge in [-0.05, 0) is 48.4 Å². The molecule has 0 saturated heterocycles. The van der Waals surface area contributed by atoms with E-state index in [4.69, 9.17) is 26.4 Å². The van der Waals surface area contributed by atoms with Crippen molar-refractivity contribution in [2.75, 3.05) is 25.6 Å². The Bertz CT molecular complexity index is 797. The lowest BCUT2D eigenvalue weighted by molar-refractivity contribution is -0.141. The smallest absolute Gasteiger partial charge is 0.333 e. The van der Waals surface area contributed by atoms with E-state index in [-0.39, 0.29) is 18.2 Å². The third-order valence-corrected chi connectivity index (χ3v) is 4.11. The Morgan fingerprint density at radius 1 is 1.21 bits per heavy atom. The largest absolute Gasteiger partial charge is 0.492 e. The fourth-order valence-corrected chi connectivity index (χ4v) is 2.64. The highest BCUT2D eigenvalue weighted by Crippen LogP contribution is 2.30. The molecule has 0 aromatic heterocycles. The van der Waals surface area contributed by atoms with Gasteiger partial charge < -0.3 is 26.3 Å². The molecule has 0 spiro atoms. The Morgan fingerprint density at radius 3 is 2.43 bits per heavy atom. The minimum absolute atomic E-state index is 0. The van der Waals surface area contributed by atoms with E-state index >= 15 is 0 Å². The first-order valence-corrected chi connectivity index (χ1v) is 8.74. The quantitative estimate of drug-likeness (QED) is 0.288. The van der Waals surface area contributed by atoms with E-state index in [0.29, 0.717) is 35.7 Å². The first-order valence-electron chi connectivity index (χ1n) is 8.74. The SMILES string of the molecule is CCc1ccc(OCCN)c(C(Nc2ccc(C(=N)N)cc2)C(=O)OC)c1.Cl. The number of rotatable bonds is 9. The van der Waals surface area contributed by atoms with Gasteiger partial charge in [0.15, 0.2) is 6.04 Å². The summed E-state index contributed by atoms with van der Waals surface area (Å²) in [4.78, 5) is 12.5. The average molecular weight is 407 g/mol. The second-order valence-electron chi connectivity index (χ2n) is 5.95. The van der Waals surface area contributed by atoms with Crippen molar-refractivity contribution >= 4 is 29.9 Å². The van der Waals surface area contributed by atoms with Crippen LogP contribution < -0.4 is 21.5 Å². The molecule has 2 rings (SSSR count). The predicted octanol–water partition coefficient (Wildman–Crippen LogP) is 2.62. The number of carbonyl (C=O) groups excluding carboxylic acids is 1. The van der Waals surface area contributed by atoms with Crippen molar-refractivity contribution in [3.63, 3.8) is 0 Å². The summed E-state index contributed by atoms with van der Waals surface area (Å²) in [5.74, 6) is 0.136. The van der Waals surface area contributed by atoms with Gasteiger partial charge in [-0.25, -0.2) is 4.79 Å². The van der Waals surface area contributed by atoms with Crippen molar-refractivity contribution in [3.8, 4) is 5.75 Å². The Labute approximate surface area is 171 Å². The molecule has 1 atom stereocenters. The fraction of sp³-hybridized carbons (Fsp3) is 0.300. The molecule has 0 radical (unpaired) electrons. The molecular weight excluding hydrogens is 380 g/mol. The maximum Gasteiger partial charge on any atom is 0.333 e. The minimum Gasteiger partial charge on any atom is -0.492 e. The van der Waals surface area contributed by atoms with Gasteiger partial charge in [0.05, 0.1) is 7.11 Å². The van der Waals surface area contributed by atoms with E-state index in [0.717, 1.165) is 12.0 Å². The zero-order chi connectivity index (χ0) is 19.8. The Kier molecular flexibility index (Phi) is 9.27.